The highest BCUT2D eigenvalue weighted by Crippen LogP contribution is 2.61. The predicted octanol–water partition coefficient (Wildman–Crippen LogP) is 4.49. The lowest BCUT2D eigenvalue weighted by molar-refractivity contribution is 0.307. The summed E-state index contributed by atoms with van der Waals surface area (Å²) in [6, 6.07) is 5.23. The first-order chi connectivity index (χ1) is 8.12. The van der Waals surface area contributed by atoms with Crippen LogP contribution in [0, 0.1) is 30.0 Å². The van der Waals surface area contributed by atoms with Gasteiger partial charge in [-0.1, -0.05) is 22.0 Å². The molecule has 2 atom stereocenters. The van der Waals surface area contributed by atoms with Crippen molar-refractivity contribution in [1.29, 1.82) is 0 Å². The summed E-state index contributed by atoms with van der Waals surface area (Å²) in [5, 5.41) is 1.09. The molecule has 0 N–H and O–H groups in total. The van der Waals surface area contributed by atoms with Crippen molar-refractivity contribution in [1.82, 2.24) is 0 Å². The Labute approximate surface area is 111 Å². The van der Waals surface area contributed by atoms with Crippen LogP contribution in [0.4, 0.5) is 4.39 Å². The molecule has 2 aliphatic rings. The Morgan fingerprint density at radius 1 is 1.35 bits per heavy atom. The van der Waals surface area contributed by atoms with Gasteiger partial charge in [-0.25, -0.2) is 4.39 Å². The van der Waals surface area contributed by atoms with E-state index in [1.54, 1.807) is 12.1 Å². The Morgan fingerprint density at radius 3 is 2.65 bits per heavy atom. The Kier molecular flexibility index (Phi) is 2.81. The minimum absolute atomic E-state index is 0.117. The fraction of sp³-hybridized carbons (Fsp3) is 0.600. The van der Waals surface area contributed by atoms with E-state index < -0.39 is 0 Å². The molecule has 3 rings (SSSR count). The molecular formula is C15H18BrF. The summed E-state index contributed by atoms with van der Waals surface area (Å²) in [4.78, 5) is 0. The van der Waals surface area contributed by atoms with Crippen molar-refractivity contribution in [2.24, 2.45) is 17.3 Å². The SMILES string of the molecule is Cc1cc(F)ccc1CC1(CBr)CC2CC2C1. The lowest BCUT2D eigenvalue weighted by atomic mass is 9.78. The molecule has 0 aliphatic heterocycles. The van der Waals surface area contributed by atoms with E-state index in [1.165, 1.54) is 24.8 Å². The second-order valence-corrected chi connectivity index (χ2v) is 6.61. The van der Waals surface area contributed by atoms with Crippen LogP contribution < -0.4 is 0 Å². The summed E-state index contributed by atoms with van der Waals surface area (Å²) in [5.41, 5.74) is 2.87. The third kappa shape index (κ3) is 2.16. The van der Waals surface area contributed by atoms with Crippen molar-refractivity contribution in [2.45, 2.75) is 32.6 Å². The van der Waals surface area contributed by atoms with Gasteiger partial charge in [0.1, 0.15) is 5.82 Å². The van der Waals surface area contributed by atoms with Gasteiger partial charge in [0, 0.05) is 5.33 Å². The zero-order valence-electron chi connectivity index (χ0n) is 10.2. The van der Waals surface area contributed by atoms with Crippen molar-refractivity contribution < 1.29 is 4.39 Å². The first-order valence-corrected chi connectivity index (χ1v) is 7.55. The van der Waals surface area contributed by atoms with Gasteiger partial charge in [0.2, 0.25) is 0 Å². The molecule has 1 aromatic carbocycles. The Balaban J connectivity index is 1.81. The van der Waals surface area contributed by atoms with Gasteiger partial charge in [-0.05, 0) is 73.1 Å². The zero-order valence-corrected chi connectivity index (χ0v) is 11.8. The summed E-state index contributed by atoms with van der Waals surface area (Å²) in [6.07, 6.45) is 5.29. The van der Waals surface area contributed by atoms with E-state index in [0.717, 1.165) is 29.2 Å². The van der Waals surface area contributed by atoms with Crippen LogP contribution in [-0.4, -0.2) is 5.33 Å². The first kappa shape index (κ1) is 11.7. The van der Waals surface area contributed by atoms with E-state index in [2.05, 4.69) is 15.9 Å². The summed E-state index contributed by atoms with van der Waals surface area (Å²) in [5.74, 6) is 1.87. The van der Waals surface area contributed by atoms with Crippen LogP contribution in [0.5, 0.6) is 0 Å². The maximum Gasteiger partial charge on any atom is 0.123 e. The van der Waals surface area contributed by atoms with Crippen LogP contribution in [-0.2, 0) is 6.42 Å². The number of aryl methyl sites for hydroxylation is 1. The topological polar surface area (TPSA) is 0 Å². The minimum atomic E-state index is -0.117. The molecule has 0 bridgehead atoms. The highest BCUT2D eigenvalue weighted by atomic mass is 79.9. The molecule has 2 heteroatoms. The smallest absolute Gasteiger partial charge is 0.123 e. The van der Waals surface area contributed by atoms with Gasteiger partial charge in [-0.3, -0.25) is 0 Å². The molecule has 0 heterocycles. The van der Waals surface area contributed by atoms with Gasteiger partial charge in [0.25, 0.3) is 0 Å². The summed E-state index contributed by atoms with van der Waals surface area (Å²) >= 11 is 3.70. The molecule has 2 unspecified atom stereocenters. The molecule has 17 heavy (non-hydrogen) atoms. The standard InChI is InChI=1S/C15H18BrF/c1-10-4-14(17)3-2-11(10)6-15(9-16)7-12-5-13(12)8-15/h2-4,12-13H,5-9H2,1H3. The number of halogens is 2. The number of rotatable bonds is 3. The highest BCUT2D eigenvalue weighted by molar-refractivity contribution is 9.09. The summed E-state index contributed by atoms with van der Waals surface area (Å²) < 4.78 is 13.1. The predicted molar refractivity (Wildman–Crippen MR) is 71.9 cm³/mol. The summed E-state index contributed by atoms with van der Waals surface area (Å²) in [7, 11) is 0. The fourth-order valence-corrected chi connectivity index (χ4v) is 4.22. The molecule has 2 saturated carbocycles. The minimum Gasteiger partial charge on any atom is -0.207 e. The van der Waals surface area contributed by atoms with Crippen LogP contribution in [0.2, 0.25) is 0 Å². The van der Waals surface area contributed by atoms with Crippen LogP contribution in [0.3, 0.4) is 0 Å². The van der Waals surface area contributed by atoms with Crippen LogP contribution in [0.1, 0.15) is 30.4 Å². The molecule has 0 saturated heterocycles. The number of fused-ring (bicyclic) bond motifs is 1. The second kappa shape index (κ2) is 4.08. The maximum atomic E-state index is 13.1. The van der Waals surface area contributed by atoms with Gasteiger partial charge in [-0.15, -0.1) is 0 Å². The monoisotopic (exact) mass is 296 g/mol. The Hall–Kier alpha value is -0.370. The van der Waals surface area contributed by atoms with Crippen LogP contribution in [0.25, 0.3) is 0 Å². The Morgan fingerprint density at radius 2 is 2.06 bits per heavy atom. The van der Waals surface area contributed by atoms with E-state index in [0.29, 0.717) is 5.41 Å². The third-order valence-electron chi connectivity index (χ3n) is 4.61. The van der Waals surface area contributed by atoms with Crippen LogP contribution in [0.15, 0.2) is 18.2 Å². The van der Waals surface area contributed by atoms with Crippen molar-refractivity contribution in [3.63, 3.8) is 0 Å². The van der Waals surface area contributed by atoms with Gasteiger partial charge in [0.15, 0.2) is 0 Å². The van der Waals surface area contributed by atoms with Gasteiger partial charge in [-0.2, -0.15) is 0 Å². The van der Waals surface area contributed by atoms with Gasteiger partial charge < -0.3 is 0 Å². The third-order valence-corrected chi connectivity index (χ3v) is 5.80. The van der Waals surface area contributed by atoms with Crippen molar-refractivity contribution in [2.75, 3.05) is 5.33 Å². The molecule has 0 radical (unpaired) electrons. The van der Waals surface area contributed by atoms with Crippen LogP contribution >= 0.6 is 15.9 Å². The molecule has 2 fully saturated rings. The molecule has 1 aromatic rings. The van der Waals surface area contributed by atoms with Crippen molar-refractivity contribution >= 4 is 15.9 Å². The van der Waals surface area contributed by atoms with Crippen molar-refractivity contribution in [3.05, 3.63) is 35.1 Å². The molecular weight excluding hydrogens is 279 g/mol. The molecule has 0 aromatic heterocycles. The molecule has 92 valence electrons. The highest BCUT2D eigenvalue weighted by Gasteiger charge is 2.52. The molecule has 0 spiro atoms. The lowest BCUT2D eigenvalue weighted by Gasteiger charge is -2.29. The first-order valence-electron chi connectivity index (χ1n) is 6.43. The number of hydrogen-bond acceptors (Lipinski definition) is 0. The zero-order chi connectivity index (χ0) is 12.0. The molecule has 0 amide bonds. The number of benzene rings is 1. The number of hydrogen-bond donors (Lipinski definition) is 0. The maximum absolute atomic E-state index is 13.1. The fourth-order valence-electron chi connectivity index (χ4n) is 3.57. The van der Waals surface area contributed by atoms with Gasteiger partial charge in [0.05, 0.1) is 0 Å². The average molecular weight is 297 g/mol. The Bertz CT molecular complexity index is 431. The largest absolute Gasteiger partial charge is 0.207 e. The van der Waals surface area contributed by atoms with Gasteiger partial charge >= 0.3 is 0 Å². The average Bonchev–Trinajstić information content (AvgIpc) is 2.91. The van der Waals surface area contributed by atoms with Crippen molar-refractivity contribution in [3.8, 4) is 0 Å². The second-order valence-electron chi connectivity index (χ2n) is 6.05. The summed E-state index contributed by atoms with van der Waals surface area (Å²) in [6.45, 7) is 2.02. The normalized spacial score (nSPS) is 34.8. The molecule has 0 nitrogen and oxygen atoms in total. The quantitative estimate of drug-likeness (QED) is 0.721. The van der Waals surface area contributed by atoms with E-state index in [-0.39, 0.29) is 5.82 Å². The van der Waals surface area contributed by atoms with E-state index in [4.69, 9.17) is 0 Å². The van der Waals surface area contributed by atoms with E-state index in [1.807, 2.05) is 13.0 Å². The lowest BCUT2D eigenvalue weighted by Crippen LogP contribution is -2.24. The molecule has 2 aliphatic carbocycles. The van der Waals surface area contributed by atoms with E-state index >= 15 is 0 Å². The van der Waals surface area contributed by atoms with E-state index in [9.17, 15) is 4.39 Å². The number of alkyl halides is 1.